The summed E-state index contributed by atoms with van der Waals surface area (Å²) in [5, 5.41) is 14.4. The molecule has 4 aromatic rings. The Morgan fingerprint density at radius 3 is 2.82 bits per heavy atom. The fourth-order valence-electron chi connectivity index (χ4n) is 8.38. The van der Waals surface area contributed by atoms with Crippen LogP contribution >= 0.6 is 0 Å². The molecule has 7 heterocycles. The zero-order chi connectivity index (χ0) is 34.1. The van der Waals surface area contributed by atoms with Gasteiger partial charge in [-0.05, 0) is 73.7 Å². The lowest BCUT2D eigenvalue weighted by atomic mass is 9.90. The molecule has 6 bridgehead atoms. The van der Waals surface area contributed by atoms with E-state index in [1.54, 1.807) is 11.8 Å². The predicted octanol–water partition coefficient (Wildman–Crippen LogP) is 5.76. The van der Waals surface area contributed by atoms with Gasteiger partial charge in [-0.3, -0.25) is 9.88 Å². The molecule has 0 radical (unpaired) electrons. The van der Waals surface area contributed by atoms with E-state index in [1.807, 2.05) is 0 Å². The number of nitrogens with one attached hydrogen (secondary N) is 1. The van der Waals surface area contributed by atoms with Crippen LogP contribution in [-0.4, -0.2) is 93.9 Å². The van der Waals surface area contributed by atoms with Crippen molar-refractivity contribution in [2.45, 2.75) is 68.9 Å². The van der Waals surface area contributed by atoms with Crippen molar-refractivity contribution in [3.8, 4) is 23.0 Å². The lowest BCUT2D eigenvalue weighted by Gasteiger charge is -2.42. The molecule has 1 amide bonds. The Labute approximate surface area is 279 Å². The minimum absolute atomic E-state index is 0.00348. The number of nitrogens with zero attached hydrogens (tertiary/aromatic N) is 5. The number of aromatic hydroxyl groups is 1. The van der Waals surface area contributed by atoms with Crippen LogP contribution in [0.5, 0.6) is 11.8 Å². The van der Waals surface area contributed by atoms with Crippen LogP contribution in [0, 0.1) is 11.6 Å². The maximum Gasteiger partial charge on any atom is 0.407 e. The molecule has 5 aliphatic rings. The number of phenols is 1. The largest absolute Gasteiger partial charge is 0.508 e. The monoisotopic (exact) mass is 680 g/mol. The van der Waals surface area contributed by atoms with Crippen LogP contribution in [-0.2, 0) is 11.2 Å². The summed E-state index contributed by atoms with van der Waals surface area (Å²) >= 11 is 0. The van der Waals surface area contributed by atoms with E-state index in [0.717, 1.165) is 19.4 Å². The number of aromatic nitrogens is 3. The summed E-state index contributed by atoms with van der Waals surface area (Å²) in [6, 6.07) is 5.37. The summed E-state index contributed by atoms with van der Waals surface area (Å²) in [7, 11) is 0. The second kappa shape index (κ2) is 11.9. The number of benzene rings is 2. The molecule has 10 nitrogen and oxygen atoms in total. The number of aryl methyl sites for hydroxylation is 1. The molecule has 2 aromatic carbocycles. The normalized spacial score (nSPS) is 27.4. The zero-order valence-corrected chi connectivity index (χ0v) is 26.9. The van der Waals surface area contributed by atoms with Crippen molar-refractivity contribution in [2.75, 3.05) is 44.3 Å². The first-order valence-corrected chi connectivity index (χ1v) is 16.7. The Morgan fingerprint density at radius 1 is 1.12 bits per heavy atom. The van der Waals surface area contributed by atoms with Gasteiger partial charge in [-0.1, -0.05) is 6.07 Å². The van der Waals surface area contributed by atoms with E-state index in [1.165, 1.54) is 30.5 Å². The van der Waals surface area contributed by atoms with Gasteiger partial charge in [0.05, 0.1) is 29.6 Å². The third-order valence-corrected chi connectivity index (χ3v) is 10.4. The van der Waals surface area contributed by atoms with E-state index in [4.69, 9.17) is 9.47 Å². The van der Waals surface area contributed by atoms with Crippen molar-refractivity contribution >= 4 is 33.6 Å². The average Bonchev–Trinajstić information content (AvgIpc) is 3.57. The number of ether oxygens (including phenoxy) is 2. The highest BCUT2D eigenvalue weighted by Crippen LogP contribution is 2.42. The Bertz CT molecular complexity index is 1980. The minimum atomic E-state index is -1.39. The molecule has 2 N–H and O–H groups in total. The molecule has 0 aliphatic carbocycles. The van der Waals surface area contributed by atoms with Crippen molar-refractivity contribution in [1.82, 2.24) is 25.2 Å². The SMILES string of the molecule is C[C@]12C[C@H](F)CN(C1)c1nc(OC[C@@]34CCCN3C[C@H](F)C4)nc3c(F)c(ncc13)-c1cc(O)cc3ccc(F)c(c13)CCCOC(=O)N2. The molecule has 9 rings (SSSR count). The van der Waals surface area contributed by atoms with Crippen LogP contribution < -0.4 is 15.0 Å². The van der Waals surface area contributed by atoms with E-state index in [-0.39, 0.29) is 90.9 Å². The van der Waals surface area contributed by atoms with Crippen LogP contribution in [0.1, 0.15) is 44.6 Å². The molecule has 14 heteroatoms. The molecule has 258 valence electrons. The molecule has 0 spiro atoms. The average molecular weight is 681 g/mol. The highest BCUT2D eigenvalue weighted by atomic mass is 19.1. The number of carbonyl (C=O) groups is 1. The molecule has 2 aromatic heterocycles. The Kier molecular flexibility index (Phi) is 7.69. The van der Waals surface area contributed by atoms with Gasteiger partial charge in [0.2, 0.25) is 0 Å². The summed E-state index contributed by atoms with van der Waals surface area (Å²) in [5.74, 6) is -1.44. The van der Waals surface area contributed by atoms with Gasteiger partial charge in [0.1, 0.15) is 47.5 Å². The van der Waals surface area contributed by atoms with Crippen molar-refractivity contribution in [1.29, 1.82) is 0 Å². The van der Waals surface area contributed by atoms with E-state index in [0.29, 0.717) is 23.7 Å². The van der Waals surface area contributed by atoms with Gasteiger partial charge in [0, 0.05) is 37.7 Å². The fourth-order valence-corrected chi connectivity index (χ4v) is 8.38. The van der Waals surface area contributed by atoms with E-state index in [9.17, 15) is 14.3 Å². The summed E-state index contributed by atoms with van der Waals surface area (Å²) in [6.07, 6.45) is 0.537. The summed E-state index contributed by atoms with van der Waals surface area (Å²) in [5.41, 5.74) is -1.60. The first-order valence-electron chi connectivity index (χ1n) is 16.7. The van der Waals surface area contributed by atoms with Gasteiger partial charge in [-0.2, -0.15) is 9.97 Å². The maximum atomic E-state index is 17.0. The van der Waals surface area contributed by atoms with Gasteiger partial charge in [0.25, 0.3) is 0 Å². The maximum absolute atomic E-state index is 17.0. The number of halogens is 4. The standard InChI is InChI=1S/C35H36F4N6O4/c1-34-12-20(36)15-44(17-34)31-25-14-40-29(28(39)30(25)41-32(42-31)49-18-35-7-3-8-45(35)16-21(37)13-35)24-11-22(46)10-19-5-6-26(38)23(27(19)24)4-2-9-48-33(47)43-34/h5-6,10-11,14,20-21,46H,2-4,7-9,12-13,15-18H2,1H3,(H,43,47)/t20-,21+,34-,35-/m0/s1. The third kappa shape index (κ3) is 5.63. The minimum Gasteiger partial charge on any atom is -0.508 e. The molecular weight excluding hydrogens is 644 g/mol. The predicted molar refractivity (Wildman–Crippen MR) is 173 cm³/mol. The lowest BCUT2D eigenvalue weighted by molar-refractivity contribution is 0.107. The zero-order valence-electron chi connectivity index (χ0n) is 26.9. The Hall–Kier alpha value is -4.46. The van der Waals surface area contributed by atoms with Gasteiger partial charge in [-0.15, -0.1) is 0 Å². The van der Waals surface area contributed by atoms with Gasteiger partial charge in [0.15, 0.2) is 5.82 Å². The Morgan fingerprint density at radius 2 is 1.96 bits per heavy atom. The van der Waals surface area contributed by atoms with Crippen molar-refractivity contribution in [3.63, 3.8) is 0 Å². The molecule has 0 saturated carbocycles. The number of rotatable bonds is 3. The van der Waals surface area contributed by atoms with Gasteiger partial charge < -0.3 is 24.8 Å². The molecule has 5 aliphatic heterocycles. The molecule has 3 fully saturated rings. The molecule has 4 atom stereocenters. The van der Waals surface area contributed by atoms with Crippen LogP contribution in [0.15, 0.2) is 30.5 Å². The lowest BCUT2D eigenvalue weighted by Crippen LogP contribution is -2.60. The number of fused-ring (bicyclic) bond motifs is 7. The van der Waals surface area contributed by atoms with E-state index < -0.39 is 41.1 Å². The number of amides is 1. The highest BCUT2D eigenvalue weighted by Gasteiger charge is 2.49. The van der Waals surface area contributed by atoms with E-state index >= 15 is 13.2 Å². The smallest absolute Gasteiger partial charge is 0.407 e. The number of carbonyl (C=O) groups excluding carboxylic acids is 1. The number of anilines is 1. The first-order chi connectivity index (χ1) is 23.5. The number of phenolic OH excluding ortho intramolecular Hbond substituents is 1. The van der Waals surface area contributed by atoms with Gasteiger partial charge >= 0.3 is 12.1 Å². The number of hydrogen-bond acceptors (Lipinski definition) is 9. The number of pyridine rings is 1. The van der Waals surface area contributed by atoms with Crippen molar-refractivity contribution in [3.05, 3.63) is 47.7 Å². The van der Waals surface area contributed by atoms with Crippen molar-refractivity contribution in [2.24, 2.45) is 0 Å². The highest BCUT2D eigenvalue weighted by molar-refractivity contribution is 6.01. The van der Waals surface area contributed by atoms with Crippen molar-refractivity contribution < 1.29 is 36.9 Å². The van der Waals surface area contributed by atoms with Crippen LogP contribution in [0.25, 0.3) is 32.9 Å². The molecule has 49 heavy (non-hydrogen) atoms. The quantitative estimate of drug-likeness (QED) is 0.261. The number of piperidine rings is 1. The summed E-state index contributed by atoms with van der Waals surface area (Å²) in [6.45, 7) is 2.77. The second-order valence-corrected chi connectivity index (χ2v) is 14.1. The third-order valence-electron chi connectivity index (χ3n) is 10.4. The van der Waals surface area contributed by atoms with Crippen LogP contribution in [0.4, 0.5) is 28.2 Å². The number of alkyl carbamates (subject to hydrolysis) is 1. The van der Waals surface area contributed by atoms with Crippen LogP contribution in [0.3, 0.4) is 0 Å². The fraction of sp³-hybridized carbons (Fsp3) is 0.486. The first kappa shape index (κ1) is 31.8. The summed E-state index contributed by atoms with van der Waals surface area (Å²) in [4.78, 5) is 30.2. The Balaban J connectivity index is 1.32. The topological polar surface area (TPSA) is 113 Å². The molecule has 0 unspecified atom stereocenters. The van der Waals surface area contributed by atoms with E-state index in [2.05, 4.69) is 25.2 Å². The number of hydrogen-bond donors (Lipinski definition) is 2. The molecular formula is C35H36F4N6O4. The number of alkyl halides is 2. The molecule has 3 saturated heterocycles. The van der Waals surface area contributed by atoms with Crippen LogP contribution in [0.2, 0.25) is 0 Å². The second-order valence-electron chi connectivity index (χ2n) is 14.1. The van der Waals surface area contributed by atoms with Gasteiger partial charge in [-0.25, -0.2) is 22.4 Å². The summed E-state index contributed by atoms with van der Waals surface area (Å²) < 4.78 is 74.0.